The van der Waals surface area contributed by atoms with Crippen LogP contribution >= 0.6 is 0 Å². The zero-order valence-corrected chi connectivity index (χ0v) is 13.4. The third-order valence-electron chi connectivity index (χ3n) is 2.39. The topological polar surface area (TPSA) is 113 Å². The predicted molar refractivity (Wildman–Crippen MR) is 80.6 cm³/mol. The van der Waals surface area contributed by atoms with Crippen LogP contribution in [0.2, 0.25) is 0 Å². The number of amides is 1. The summed E-state index contributed by atoms with van der Waals surface area (Å²) in [5.74, 6) is 0.182. The van der Waals surface area contributed by atoms with E-state index in [-0.39, 0.29) is 12.2 Å². The average Bonchev–Trinajstić information content (AvgIpc) is 2.34. The lowest BCUT2D eigenvalue weighted by Crippen LogP contribution is -2.51. The van der Waals surface area contributed by atoms with E-state index in [4.69, 9.17) is 0 Å². The van der Waals surface area contributed by atoms with E-state index in [0.717, 1.165) is 6.26 Å². The molecule has 1 aromatic rings. The second kappa shape index (κ2) is 6.81. The summed E-state index contributed by atoms with van der Waals surface area (Å²) in [6.07, 6.45) is 3.91. The summed E-state index contributed by atoms with van der Waals surface area (Å²) in [6, 6.07) is 0. The highest BCUT2D eigenvalue weighted by Gasteiger charge is 2.23. The van der Waals surface area contributed by atoms with Gasteiger partial charge in [-0.05, 0) is 20.8 Å². The molecule has 3 N–H and O–H groups in total. The standard InChI is InChI=1S/C12H21N5O3S/c1-5-13-10-7-14-9(6-15-10)11(18)16-8-12(2,3)17-21(4,19)20/h6-7,17H,5,8H2,1-4H3,(H,13,15)(H,16,18). The summed E-state index contributed by atoms with van der Waals surface area (Å²) < 4.78 is 24.9. The maximum absolute atomic E-state index is 11.9. The van der Waals surface area contributed by atoms with Crippen LogP contribution < -0.4 is 15.4 Å². The maximum atomic E-state index is 11.9. The quantitative estimate of drug-likeness (QED) is 0.651. The second-order valence-electron chi connectivity index (χ2n) is 5.26. The number of hydrogen-bond donors (Lipinski definition) is 3. The molecule has 21 heavy (non-hydrogen) atoms. The van der Waals surface area contributed by atoms with E-state index in [1.165, 1.54) is 12.4 Å². The SMILES string of the molecule is CCNc1cnc(C(=O)NCC(C)(C)NS(C)(=O)=O)cn1. The highest BCUT2D eigenvalue weighted by molar-refractivity contribution is 7.88. The smallest absolute Gasteiger partial charge is 0.271 e. The third kappa shape index (κ3) is 6.50. The zero-order valence-electron chi connectivity index (χ0n) is 12.6. The minimum Gasteiger partial charge on any atom is -0.369 e. The van der Waals surface area contributed by atoms with E-state index in [1.807, 2.05) is 6.92 Å². The van der Waals surface area contributed by atoms with Crippen molar-refractivity contribution in [2.45, 2.75) is 26.3 Å². The van der Waals surface area contributed by atoms with Crippen LogP contribution in [-0.4, -0.2) is 49.2 Å². The fourth-order valence-electron chi connectivity index (χ4n) is 1.65. The molecule has 0 unspecified atom stereocenters. The predicted octanol–water partition coefficient (Wildman–Crippen LogP) is -0.0340. The van der Waals surface area contributed by atoms with Crippen molar-refractivity contribution in [3.63, 3.8) is 0 Å². The Kier molecular flexibility index (Phi) is 5.62. The normalized spacial score (nSPS) is 12.0. The van der Waals surface area contributed by atoms with Crippen molar-refractivity contribution >= 4 is 21.7 Å². The summed E-state index contributed by atoms with van der Waals surface area (Å²) in [5, 5.41) is 5.60. The summed E-state index contributed by atoms with van der Waals surface area (Å²) in [6.45, 7) is 6.13. The number of anilines is 1. The van der Waals surface area contributed by atoms with Crippen LogP contribution in [0.5, 0.6) is 0 Å². The number of carbonyl (C=O) groups is 1. The number of carbonyl (C=O) groups excluding carboxylic acids is 1. The molecule has 0 aliphatic carbocycles. The molecule has 0 spiro atoms. The van der Waals surface area contributed by atoms with Crippen LogP contribution in [-0.2, 0) is 10.0 Å². The fourth-order valence-corrected chi connectivity index (χ4v) is 2.72. The van der Waals surface area contributed by atoms with Gasteiger partial charge in [-0.1, -0.05) is 0 Å². The Hall–Kier alpha value is -1.74. The molecule has 0 saturated heterocycles. The maximum Gasteiger partial charge on any atom is 0.271 e. The monoisotopic (exact) mass is 315 g/mol. The van der Waals surface area contributed by atoms with Gasteiger partial charge in [0.15, 0.2) is 0 Å². The summed E-state index contributed by atoms with van der Waals surface area (Å²) >= 11 is 0. The summed E-state index contributed by atoms with van der Waals surface area (Å²) in [5.41, 5.74) is -0.618. The highest BCUT2D eigenvalue weighted by Crippen LogP contribution is 2.04. The molecule has 8 nitrogen and oxygen atoms in total. The Bertz CT molecular complexity index is 583. The molecule has 118 valence electrons. The number of aromatic nitrogens is 2. The lowest BCUT2D eigenvalue weighted by atomic mass is 10.1. The molecule has 0 saturated carbocycles. The summed E-state index contributed by atoms with van der Waals surface area (Å²) in [7, 11) is -3.34. The molecule has 1 rings (SSSR count). The van der Waals surface area contributed by atoms with E-state index in [2.05, 4.69) is 25.3 Å². The van der Waals surface area contributed by atoms with E-state index in [1.54, 1.807) is 13.8 Å². The van der Waals surface area contributed by atoms with Gasteiger partial charge in [-0.15, -0.1) is 0 Å². The van der Waals surface area contributed by atoms with Crippen molar-refractivity contribution in [1.29, 1.82) is 0 Å². The number of hydrogen-bond acceptors (Lipinski definition) is 6. The average molecular weight is 315 g/mol. The molecule has 0 bridgehead atoms. The van der Waals surface area contributed by atoms with Crippen molar-refractivity contribution in [3.05, 3.63) is 18.1 Å². The molecule has 0 aliphatic rings. The van der Waals surface area contributed by atoms with Gasteiger partial charge in [-0.2, -0.15) is 0 Å². The van der Waals surface area contributed by atoms with E-state index in [9.17, 15) is 13.2 Å². The van der Waals surface area contributed by atoms with Crippen molar-refractivity contribution in [2.24, 2.45) is 0 Å². The van der Waals surface area contributed by atoms with Crippen molar-refractivity contribution < 1.29 is 13.2 Å². The molecular weight excluding hydrogens is 294 g/mol. The number of sulfonamides is 1. The van der Waals surface area contributed by atoms with Gasteiger partial charge in [0.25, 0.3) is 5.91 Å². The van der Waals surface area contributed by atoms with E-state index < -0.39 is 21.5 Å². The van der Waals surface area contributed by atoms with Gasteiger partial charge in [0, 0.05) is 18.6 Å². The first-order valence-electron chi connectivity index (χ1n) is 6.46. The minimum absolute atomic E-state index is 0.134. The van der Waals surface area contributed by atoms with Crippen molar-refractivity contribution in [1.82, 2.24) is 20.0 Å². The Morgan fingerprint density at radius 1 is 1.29 bits per heavy atom. The number of rotatable bonds is 7. The summed E-state index contributed by atoms with van der Waals surface area (Å²) in [4.78, 5) is 20.0. The molecule has 0 atom stereocenters. The lowest BCUT2D eigenvalue weighted by molar-refractivity contribution is 0.0939. The third-order valence-corrected chi connectivity index (χ3v) is 3.32. The first-order chi connectivity index (χ1) is 9.63. The van der Waals surface area contributed by atoms with Crippen LogP contribution in [0.3, 0.4) is 0 Å². The van der Waals surface area contributed by atoms with E-state index in [0.29, 0.717) is 12.4 Å². The van der Waals surface area contributed by atoms with Gasteiger partial charge >= 0.3 is 0 Å². The Balaban J connectivity index is 2.61. The van der Waals surface area contributed by atoms with Crippen LogP contribution in [0.25, 0.3) is 0 Å². The van der Waals surface area contributed by atoms with E-state index >= 15 is 0 Å². The van der Waals surface area contributed by atoms with Gasteiger partial charge in [0.1, 0.15) is 11.5 Å². The molecule has 0 aromatic carbocycles. The van der Waals surface area contributed by atoms with Crippen LogP contribution in [0.1, 0.15) is 31.3 Å². The Morgan fingerprint density at radius 3 is 2.43 bits per heavy atom. The highest BCUT2D eigenvalue weighted by atomic mass is 32.2. The molecule has 9 heteroatoms. The Morgan fingerprint density at radius 2 is 1.95 bits per heavy atom. The van der Waals surface area contributed by atoms with Crippen molar-refractivity contribution in [2.75, 3.05) is 24.7 Å². The van der Waals surface area contributed by atoms with Crippen LogP contribution in [0.15, 0.2) is 12.4 Å². The van der Waals surface area contributed by atoms with Gasteiger partial charge in [-0.25, -0.2) is 23.1 Å². The fraction of sp³-hybridized carbons (Fsp3) is 0.583. The van der Waals surface area contributed by atoms with Gasteiger partial charge in [-0.3, -0.25) is 4.79 Å². The molecule has 1 amide bonds. The first kappa shape index (κ1) is 17.3. The van der Waals surface area contributed by atoms with Crippen LogP contribution in [0.4, 0.5) is 5.82 Å². The molecule has 0 aliphatic heterocycles. The lowest BCUT2D eigenvalue weighted by Gasteiger charge is -2.25. The second-order valence-corrected chi connectivity index (χ2v) is 7.01. The molecule has 0 radical (unpaired) electrons. The van der Waals surface area contributed by atoms with Gasteiger partial charge < -0.3 is 10.6 Å². The van der Waals surface area contributed by atoms with Gasteiger partial charge in [0.05, 0.1) is 18.6 Å². The first-order valence-corrected chi connectivity index (χ1v) is 8.35. The number of nitrogens with one attached hydrogen (secondary N) is 3. The molecule has 1 aromatic heterocycles. The molecular formula is C12H21N5O3S. The molecule has 1 heterocycles. The molecule has 0 fully saturated rings. The zero-order chi connectivity index (χ0) is 16.1. The van der Waals surface area contributed by atoms with Crippen LogP contribution in [0, 0.1) is 0 Å². The van der Waals surface area contributed by atoms with Gasteiger partial charge in [0.2, 0.25) is 10.0 Å². The Labute approximate surface area is 124 Å². The minimum atomic E-state index is -3.34. The number of nitrogens with zero attached hydrogens (tertiary/aromatic N) is 2. The van der Waals surface area contributed by atoms with Crippen molar-refractivity contribution in [3.8, 4) is 0 Å². The largest absolute Gasteiger partial charge is 0.369 e.